The van der Waals surface area contributed by atoms with Crippen LogP contribution < -0.4 is 5.32 Å². The van der Waals surface area contributed by atoms with Crippen LogP contribution in [0.5, 0.6) is 0 Å². The molecule has 2 heterocycles. The Morgan fingerprint density at radius 2 is 2.05 bits per heavy atom. The average Bonchev–Trinajstić information content (AvgIpc) is 2.81. The lowest BCUT2D eigenvalue weighted by Gasteiger charge is -2.33. The molecule has 0 bridgehead atoms. The summed E-state index contributed by atoms with van der Waals surface area (Å²) >= 11 is 0. The number of hydrogen-bond donors (Lipinski definition) is 2. The van der Waals surface area contributed by atoms with Crippen molar-refractivity contribution in [1.29, 1.82) is 0 Å². The molecular formula is C14H25N3O3. The summed E-state index contributed by atoms with van der Waals surface area (Å²) in [4.78, 5) is 27.3. The monoisotopic (exact) mass is 283 g/mol. The highest BCUT2D eigenvalue weighted by atomic mass is 16.4. The van der Waals surface area contributed by atoms with Gasteiger partial charge in [0.15, 0.2) is 0 Å². The molecule has 20 heavy (non-hydrogen) atoms. The number of carbonyl (C=O) groups is 2. The van der Waals surface area contributed by atoms with Gasteiger partial charge in [-0.1, -0.05) is 13.8 Å². The van der Waals surface area contributed by atoms with Crippen molar-refractivity contribution in [3.05, 3.63) is 0 Å². The zero-order valence-corrected chi connectivity index (χ0v) is 12.3. The van der Waals surface area contributed by atoms with Crippen LogP contribution in [-0.4, -0.2) is 65.7 Å². The maximum Gasteiger partial charge on any atom is 0.317 e. The normalized spacial score (nSPS) is 31.3. The fraction of sp³-hybridized carbons (Fsp3) is 0.857. The minimum absolute atomic E-state index is 0.0248. The van der Waals surface area contributed by atoms with Crippen LogP contribution in [0.15, 0.2) is 0 Å². The van der Waals surface area contributed by atoms with E-state index < -0.39 is 11.9 Å². The summed E-state index contributed by atoms with van der Waals surface area (Å²) in [6.45, 7) is 7.89. The fourth-order valence-corrected chi connectivity index (χ4v) is 3.18. The number of nitrogens with zero attached hydrogens (tertiary/aromatic N) is 2. The van der Waals surface area contributed by atoms with Gasteiger partial charge in [0, 0.05) is 25.7 Å². The first-order chi connectivity index (χ1) is 9.51. The number of carboxylic acid groups (broad SMARTS) is 1. The Bertz CT molecular complexity index is 375. The molecule has 114 valence electrons. The second-order valence-electron chi connectivity index (χ2n) is 6.01. The van der Waals surface area contributed by atoms with Crippen molar-refractivity contribution < 1.29 is 14.7 Å². The maximum atomic E-state index is 12.2. The molecule has 0 radical (unpaired) electrons. The van der Waals surface area contributed by atoms with E-state index in [1.54, 1.807) is 4.90 Å². The first-order valence-corrected chi connectivity index (χ1v) is 7.51. The number of likely N-dealkylation sites (tertiary alicyclic amines) is 2. The summed E-state index contributed by atoms with van der Waals surface area (Å²) in [7, 11) is 0. The Balaban J connectivity index is 1.85. The first-order valence-electron chi connectivity index (χ1n) is 7.51. The van der Waals surface area contributed by atoms with Gasteiger partial charge >= 0.3 is 12.0 Å². The molecule has 2 fully saturated rings. The minimum atomic E-state index is -0.803. The number of amides is 2. The third-order valence-electron chi connectivity index (χ3n) is 4.50. The molecule has 6 heteroatoms. The van der Waals surface area contributed by atoms with E-state index in [0.717, 1.165) is 32.5 Å². The van der Waals surface area contributed by atoms with Crippen molar-refractivity contribution in [2.24, 2.45) is 11.8 Å². The van der Waals surface area contributed by atoms with Gasteiger partial charge in [-0.3, -0.25) is 4.79 Å². The topological polar surface area (TPSA) is 72.9 Å². The second kappa shape index (κ2) is 6.43. The van der Waals surface area contributed by atoms with Crippen molar-refractivity contribution >= 4 is 12.0 Å². The summed E-state index contributed by atoms with van der Waals surface area (Å²) in [5, 5.41) is 12.2. The van der Waals surface area contributed by atoms with Gasteiger partial charge in [-0.25, -0.2) is 4.79 Å². The molecule has 2 saturated heterocycles. The lowest BCUT2D eigenvalue weighted by molar-refractivity contribution is -0.142. The van der Waals surface area contributed by atoms with Gasteiger partial charge in [0.2, 0.25) is 0 Å². The summed E-state index contributed by atoms with van der Waals surface area (Å²) in [6, 6.07) is 0.0823. The molecule has 2 aliphatic rings. The Labute approximate surface area is 120 Å². The number of urea groups is 1. The van der Waals surface area contributed by atoms with E-state index in [1.165, 1.54) is 0 Å². The standard InChI is InChI=1S/C14H25N3O3/c1-3-16-6-4-5-11(8-16)15-14(20)17-7-10(2)12(9-17)13(18)19/h10-12H,3-9H2,1-2H3,(H,15,20)(H,18,19). The predicted molar refractivity (Wildman–Crippen MR) is 75.5 cm³/mol. The molecule has 0 aromatic heterocycles. The molecule has 2 amide bonds. The van der Waals surface area contributed by atoms with Crippen molar-refractivity contribution in [3.8, 4) is 0 Å². The fourth-order valence-electron chi connectivity index (χ4n) is 3.18. The number of rotatable bonds is 3. The molecule has 0 spiro atoms. The van der Waals surface area contributed by atoms with Crippen LogP contribution >= 0.6 is 0 Å². The quantitative estimate of drug-likeness (QED) is 0.805. The highest BCUT2D eigenvalue weighted by molar-refractivity contribution is 5.77. The minimum Gasteiger partial charge on any atom is -0.481 e. The van der Waals surface area contributed by atoms with Crippen molar-refractivity contribution in [3.63, 3.8) is 0 Å². The molecular weight excluding hydrogens is 258 g/mol. The zero-order chi connectivity index (χ0) is 14.7. The van der Waals surface area contributed by atoms with Gasteiger partial charge in [-0.2, -0.15) is 0 Å². The van der Waals surface area contributed by atoms with Gasteiger partial charge < -0.3 is 20.2 Å². The number of carboxylic acids is 1. The molecule has 2 aliphatic heterocycles. The highest BCUT2D eigenvalue weighted by Gasteiger charge is 2.37. The third kappa shape index (κ3) is 3.42. The summed E-state index contributed by atoms with van der Waals surface area (Å²) in [6.07, 6.45) is 2.11. The lowest BCUT2D eigenvalue weighted by Crippen LogP contribution is -2.51. The van der Waals surface area contributed by atoms with Crippen molar-refractivity contribution in [2.75, 3.05) is 32.7 Å². The molecule has 0 aliphatic carbocycles. The number of carbonyl (C=O) groups excluding carboxylic acids is 1. The Morgan fingerprint density at radius 1 is 1.30 bits per heavy atom. The number of likely N-dealkylation sites (N-methyl/N-ethyl adjacent to an activating group) is 1. The van der Waals surface area contributed by atoms with E-state index in [4.69, 9.17) is 5.11 Å². The van der Waals surface area contributed by atoms with Gasteiger partial charge in [0.1, 0.15) is 0 Å². The van der Waals surface area contributed by atoms with Crippen LogP contribution in [0.4, 0.5) is 4.79 Å². The summed E-state index contributed by atoms with van der Waals surface area (Å²) < 4.78 is 0. The van der Waals surface area contributed by atoms with Crippen LogP contribution in [0.3, 0.4) is 0 Å². The summed E-state index contributed by atoms with van der Waals surface area (Å²) in [5.41, 5.74) is 0. The van der Waals surface area contributed by atoms with Gasteiger partial charge in [-0.05, 0) is 31.8 Å². The smallest absolute Gasteiger partial charge is 0.317 e. The number of piperidine rings is 1. The lowest BCUT2D eigenvalue weighted by atomic mass is 9.99. The maximum absolute atomic E-state index is 12.2. The van der Waals surface area contributed by atoms with Crippen molar-refractivity contribution in [1.82, 2.24) is 15.1 Å². The SMILES string of the molecule is CCN1CCCC(NC(=O)N2CC(C)C(C(=O)O)C2)C1. The number of nitrogens with one attached hydrogen (secondary N) is 1. The van der Waals surface area contributed by atoms with Crippen LogP contribution in [0, 0.1) is 11.8 Å². The molecule has 0 saturated carbocycles. The third-order valence-corrected chi connectivity index (χ3v) is 4.50. The van der Waals surface area contributed by atoms with Crippen LogP contribution in [0.1, 0.15) is 26.7 Å². The summed E-state index contributed by atoms with van der Waals surface area (Å²) in [5.74, 6) is -1.21. The van der Waals surface area contributed by atoms with Gasteiger partial charge in [0.25, 0.3) is 0 Å². The molecule has 2 N–H and O–H groups in total. The van der Waals surface area contributed by atoms with E-state index in [-0.39, 0.29) is 18.0 Å². The average molecular weight is 283 g/mol. The van der Waals surface area contributed by atoms with E-state index in [2.05, 4.69) is 17.1 Å². The van der Waals surface area contributed by atoms with E-state index in [9.17, 15) is 9.59 Å². The highest BCUT2D eigenvalue weighted by Crippen LogP contribution is 2.23. The van der Waals surface area contributed by atoms with Crippen LogP contribution in [-0.2, 0) is 4.79 Å². The van der Waals surface area contributed by atoms with E-state index in [0.29, 0.717) is 13.1 Å². The predicted octanol–water partition coefficient (Wildman–Crippen LogP) is 0.833. The van der Waals surface area contributed by atoms with Gasteiger partial charge in [0.05, 0.1) is 5.92 Å². The number of aliphatic carboxylic acids is 1. The molecule has 0 aromatic carbocycles. The Hall–Kier alpha value is -1.30. The molecule has 2 rings (SSSR count). The Kier molecular flexibility index (Phi) is 4.86. The zero-order valence-electron chi connectivity index (χ0n) is 12.3. The first kappa shape index (κ1) is 15.1. The molecule has 3 atom stereocenters. The van der Waals surface area contributed by atoms with Crippen molar-refractivity contribution in [2.45, 2.75) is 32.7 Å². The van der Waals surface area contributed by atoms with Crippen LogP contribution in [0.25, 0.3) is 0 Å². The van der Waals surface area contributed by atoms with Crippen LogP contribution in [0.2, 0.25) is 0 Å². The molecule has 0 aromatic rings. The van der Waals surface area contributed by atoms with Gasteiger partial charge in [-0.15, -0.1) is 0 Å². The Morgan fingerprint density at radius 3 is 2.65 bits per heavy atom. The van der Waals surface area contributed by atoms with E-state index >= 15 is 0 Å². The molecule has 6 nitrogen and oxygen atoms in total. The second-order valence-corrected chi connectivity index (χ2v) is 6.01. The number of hydrogen-bond acceptors (Lipinski definition) is 3. The largest absolute Gasteiger partial charge is 0.481 e. The molecule has 3 unspecified atom stereocenters. The van der Waals surface area contributed by atoms with E-state index in [1.807, 2.05) is 6.92 Å².